The van der Waals surface area contributed by atoms with E-state index in [-0.39, 0.29) is 11.8 Å². The van der Waals surface area contributed by atoms with Crippen LogP contribution in [0.15, 0.2) is 89.8 Å². The van der Waals surface area contributed by atoms with Gasteiger partial charge in [-0.1, -0.05) is 67.6 Å². The molecule has 35 heavy (non-hydrogen) atoms. The second kappa shape index (κ2) is 10.8. The molecule has 1 heterocycles. The van der Waals surface area contributed by atoms with Crippen LogP contribution in [0.3, 0.4) is 0 Å². The average Bonchev–Trinajstić information content (AvgIpc) is 2.88. The molecule has 0 spiro atoms. The molecule has 5 nitrogen and oxygen atoms in total. The lowest BCUT2D eigenvalue weighted by atomic mass is 9.65. The Morgan fingerprint density at radius 3 is 2.40 bits per heavy atom. The summed E-state index contributed by atoms with van der Waals surface area (Å²) in [7, 11) is 3.46. The number of benzene rings is 2. The van der Waals surface area contributed by atoms with Crippen LogP contribution < -0.4 is 5.32 Å². The normalized spacial score (nSPS) is 19.6. The number of carbonyl (C=O) groups excluding carboxylic acids is 2. The fourth-order valence-electron chi connectivity index (χ4n) is 5.15. The molecule has 5 heteroatoms. The molecule has 2 aliphatic rings. The van der Waals surface area contributed by atoms with Gasteiger partial charge in [0, 0.05) is 36.6 Å². The van der Waals surface area contributed by atoms with Crippen LogP contribution in [0.5, 0.6) is 0 Å². The van der Waals surface area contributed by atoms with Gasteiger partial charge in [0.2, 0.25) is 5.91 Å². The van der Waals surface area contributed by atoms with Crippen LogP contribution in [0, 0.1) is 5.41 Å². The summed E-state index contributed by atoms with van der Waals surface area (Å²) >= 11 is 0. The summed E-state index contributed by atoms with van der Waals surface area (Å²) in [6, 6.07) is 20.5. The van der Waals surface area contributed by atoms with Gasteiger partial charge in [-0.3, -0.25) is 9.59 Å². The van der Waals surface area contributed by atoms with E-state index in [9.17, 15) is 9.59 Å². The van der Waals surface area contributed by atoms with E-state index in [1.54, 1.807) is 19.1 Å². The molecule has 1 N–H and O–H groups in total. The predicted octanol–water partition coefficient (Wildman–Crippen LogP) is 5.27. The van der Waals surface area contributed by atoms with Crippen LogP contribution >= 0.6 is 0 Å². The Balaban J connectivity index is 1.53. The molecule has 1 aliphatic heterocycles. The van der Waals surface area contributed by atoms with Gasteiger partial charge in [0.15, 0.2) is 0 Å². The molecule has 1 atom stereocenters. The van der Waals surface area contributed by atoms with Crippen LogP contribution in [-0.2, 0) is 20.7 Å². The molecule has 0 radical (unpaired) electrons. The predicted molar refractivity (Wildman–Crippen MR) is 139 cm³/mol. The largest absolute Gasteiger partial charge is 0.501 e. The Hall–Kier alpha value is -3.60. The first-order valence-electron chi connectivity index (χ1n) is 12.3. The minimum atomic E-state index is -0.541. The summed E-state index contributed by atoms with van der Waals surface area (Å²) in [5.41, 5.74) is 4.43. The molecule has 182 valence electrons. The zero-order valence-electron chi connectivity index (χ0n) is 20.8. The first-order chi connectivity index (χ1) is 16.9. The molecule has 2 amide bonds. The number of ether oxygens (including phenoxy) is 1. The molecule has 4 rings (SSSR count). The molecule has 1 aliphatic carbocycles. The number of nitrogens with one attached hydrogen (secondary N) is 1. The molecule has 0 bridgehead atoms. The third-order valence-corrected chi connectivity index (χ3v) is 7.08. The number of allylic oxidation sites excluding steroid dienone is 4. The molecule has 0 aromatic heterocycles. The molecule has 1 unspecified atom stereocenters. The number of likely N-dealkylation sites (N-methyl/N-ethyl adjacent to an activating group) is 1. The van der Waals surface area contributed by atoms with E-state index in [1.807, 2.05) is 48.6 Å². The van der Waals surface area contributed by atoms with Crippen LogP contribution in [0.2, 0.25) is 0 Å². The topological polar surface area (TPSA) is 58.6 Å². The highest BCUT2D eigenvalue weighted by molar-refractivity contribution is 6.04. The number of carbonyl (C=O) groups is 2. The maximum atomic E-state index is 13.4. The van der Waals surface area contributed by atoms with Crippen LogP contribution in [0.25, 0.3) is 5.57 Å². The van der Waals surface area contributed by atoms with E-state index >= 15 is 0 Å². The van der Waals surface area contributed by atoms with Gasteiger partial charge in [-0.25, -0.2) is 0 Å². The van der Waals surface area contributed by atoms with Crippen molar-refractivity contribution in [2.75, 3.05) is 20.7 Å². The first-order valence-corrected chi connectivity index (χ1v) is 12.3. The number of aryl methyl sites for hydroxylation is 1. The SMILES string of the molecule is COC1=CC=C2C(=O)N(C)C(CNC(=O)CCCCc3ccccc3)=C(c3ccccc3)C2(C)C1. The second-order valence-electron chi connectivity index (χ2n) is 9.45. The number of rotatable bonds is 9. The highest BCUT2D eigenvalue weighted by Crippen LogP contribution is 2.52. The quantitative estimate of drug-likeness (QED) is 0.508. The Kier molecular flexibility index (Phi) is 7.54. The lowest BCUT2D eigenvalue weighted by Gasteiger charge is -2.45. The molecule has 0 saturated heterocycles. The number of amides is 2. The Morgan fingerprint density at radius 2 is 1.71 bits per heavy atom. The van der Waals surface area contributed by atoms with Gasteiger partial charge in [-0.05, 0) is 48.1 Å². The van der Waals surface area contributed by atoms with Crippen molar-refractivity contribution < 1.29 is 14.3 Å². The van der Waals surface area contributed by atoms with E-state index in [0.29, 0.717) is 19.4 Å². The van der Waals surface area contributed by atoms with Crippen molar-refractivity contribution in [3.63, 3.8) is 0 Å². The second-order valence-corrected chi connectivity index (χ2v) is 9.45. The van der Waals surface area contributed by atoms with Gasteiger partial charge >= 0.3 is 0 Å². The summed E-state index contributed by atoms with van der Waals surface area (Å²) in [6.07, 6.45) is 7.59. The number of unbranched alkanes of at least 4 members (excludes halogenated alkanes) is 1. The summed E-state index contributed by atoms with van der Waals surface area (Å²) in [4.78, 5) is 27.8. The number of hydrogen-bond acceptors (Lipinski definition) is 3. The van der Waals surface area contributed by atoms with E-state index in [4.69, 9.17) is 4.74 Å². The third kappa shape index (κ3) is 5.24. The number of methoxy groups -OCH3 is 1. The third-order valence-electron chi connectivity index (χ3n) is 7.08. The van der Waals surface area contributed by atoms with Gasteiger partial charge in [-0.15, -0.1) is 0 Å². The first kappa shape index (κ1) is 24.5. The highest BCUT2D eigenvalue weighted by Gasteiger charge is 2.47. The zero-order valence-corrected chi connectivity index (χ0v) is 20.8. The minimum Gasteiger partial charge on any atom is -0.501 e. The maximum Gasteiger partial charge on any atom is 0.254 e. The Bertz CT molecular complexity index is 1160. The standard InChI is InChI=1S/C30H34N2O3/c1-30-20-24(35-3)18-19-25(30)29(34)32(2)26(28(30)23-15-8-5-9-16-23)21-31-27(33)17-11-10-14-22-12-6-4-7-13-22/h4-9,12-13,15-16,18-19H,10-11,14,17,20-21H2,1-3H3,(H,31,33). The molecular formula is C30H34N2O3. The van der Waals surface area contributed by atoms with E-state index in [1.165, 1.54) is 5.56 Å². The van der Waals surface area contributed by atoms with Crippen LogP contribution in [0.4, 0.5) is 0 Å². The number of hydrogen-bond donors (Lipinski definition) is 1. The fraction of sp³-hybridized carbons (Fsp3) is 0.333. The van der Waals surface area contributed by atoms with Gasteiger partial charge in [0.1, 0.15) is 0 Å². The van der Waals surface area contributed by atoms with Crippen molar-refractivity contribution >= 4 is 17.4 Å². The summed E-state index contributed by atoms with van der Waals surface area (Å²) < 4.78 is 5.57. The van der Waals surface area contributed by atoms with E-state index in [2.05, 4.69) is 36.5 Å². The molecular weight excluding hydrogens is 436 g/mol. The van der Waals surface area contributed by atoms with Crippen molar-refractivity contribution in [1.29, 1.82) is 0 Å². The molecule has 2 aromatic carbocycles. The highest BCUT2D eigenvalue weighted by atomic mass is 16.5. The van der Waals surface area contributed by atoms with Crippen LogP contribution in [0.1, 0.15) is 43.7 Å². The lowest BCUT2D eigenvalue weighted by molar-refractivity contribution is -0.126. The Morgan fingerprint density at radius 1 is 1.03 bits per heavy atom. The van der Waals surface area contributed by atoms with Gasteiger partial charge in [-0.2, -0.15) is 0 Å². The summed E-state index contributed by atoms with van der Waals surface area (Å²) in [5, 5.41) is 3.08. The Labute approximate surface area is 208 Å². The van der Waals surface area contributed by atoms with Crippen molar-refractivity contribution in [2.45, 2.75) is 39.0 Å². The summed E-state index contributed by atoms with van der Waals surface area (Å²) in [6.45, 7) is 2.41. The molecule has 0 fully saturated rings. The molecule has 0 saturated carbocycles. The van der Waals surface area contributed by atoms with E-state index in [0.717, 1.165) is 47.4 Å². The average molecular weight is 471 g/mol. The van der Waals surface area contributed by atoms with Gasteiger partial charge in [0.25, 0.3) is 5.91 Å². The molecule has 2 aromatic rings. The minimum absolute atomic E-state index is 0.00596. The van der Waals surface area contributed by atoms with Gasteiger partial charge < -0.3 is 15.0 Å². The van der Waals surface area contributed by atoms with Crippen molar-refractivity contribution in [3.8, 4) is 0 Å². The fourth-order valence-corrected chi connectivity index (χ4v) is 5.15. The van der Waals surface area contributed by atoms with Gasteiger partial charge in [0.05, 0.1) is 19.4 Å². The van der Waals surface area contributed by atoms with Crippen molar-refractivity contribution in [2.24, 2.45) is 5.41 Å². The van der Waals surface area contributed by atoms with Crippen molar-refractivity contribution in [3.05, 3.63) is 101 Å². The van der Waals surface area contributed by atoms with E-state index < -0.39 is 5.41 Å². The number of fused-ring (bicyclic) bond motifs is 1. The monoisotopic (exact) mass is 470 g/mol. The summed E-state index contributed by atoms with van der Waals surface area (Å²) in [5.74, 6) is 0.806. The van der Waals surface area contributed by atoms with Crippen LogP contribution in [-0.4, -0.2) is 37.4 Å². The zero-order chi connectivity index (χ0) is 24.8. The van der Waals surface area contributed by atoms with Crippen molar-refractivity contribution in [1.82, 2.24) is 10.2 Å². The smallest absolute Gasteiger partial charge is 0.254 e. The maximum absolute atomic E-state index is 13.4. The number of nitrogens with zero attached hydrogens (tertiary/aromatic N) is 1. The lowest BCUT2D eigenvalue weighted by Crippen LogP contribution is -2.46.